The number of benzene rings is 1. The van der Waals surface area contributed by atoms with Crippen LogP contribution in [0, 0.1) is 0 Å². The van der Waals surface area contributed by atoms with E-state index in [4.69, 9.17) is 9.47 Å². The summed E-state index contributed by atoms with van der Waals surface area (Å²) in [6.45, 7) is 2.70. The number of fused-ring (bicyclic) bond motifs is 3. The van der Waals surface area contributed by atoms with Crippen molar-refractivity contribution in [3.63, 3.8) is 0 Å². The third-order valence-corrected chi connectivity index (χ3v) is 5.90. The lowest BCUT2D eigenvalue weighted by Crippen LogP contribution is -2.57. The van der Waals surface area contributed by atoms with Crippen molar-refractivity contribution in [2.24, 2.45) is 0 Å². The van der Waals surface area contributed by atoms with Gasteiger partial charge in [-0.15, -0.1) is 0 Å². The van der Waals surface area contributed by atoms with Crippen molar-refractivity contribution in [3.05, 3.63) is 35.4 Å². The maximum atomic E-state index is 5.62. The van der Waals surface area contributed by atoms with Gasteiger partial charge in [-0.3, -0.25) is 4.90 Å². The number of hydrogen-bond acceptors (Lipinski definition) is 3. The molecule has 5 rings (SSSR count). The number of ether oxygens (including phenoxy) is 2. The van der Waals surface area contributed by atoms with Crippen LogP contribution in [0.5, 0.6) is 11.5 Å². The van der Waals surface area contributed by atoms with E-state index in [0.29, 0.717) is 18.2 Å². The van der Waals surface area contributed by atoms with Gasteiger partial charge in [0, 0.05) is 18.0 Å². The standard InChI is InChI=1S/C18H21NO2/c1-2-6-18-7-3-4-8-19(18)11-13-9-16-17(21-12-20-16)10-14(13)15(18)5-1/h1,5,9-10,15H,2-4,6-8,11-12H2/t15-,18+/m0/s1. The largest absolute Gasteiger partial charge is 0.454 e. The molecule has 0 amide bonds. The second kappa shape index (κ2) is 4.26. The lowest BCUT2D eigenvalue weighted by Gasteiger charge is -2.56. The first-order valence-electron chi connectivity index (χ1n) is 8.21. The molecule has 0 radical (unpaired) electrons. The highest BCUT2D eigenvalue weighted by Crippen LogP contribution is 2.53. The molecule has 3 heterocycles. The lowest BCUT2D eigenvalue weighted by atomic mass is 9.64. The molecular formula is C18H21NO2. The van der Waals surface area contributed by atoms with Crippen LogP contribution in [0.25, 0.3) is 0 Å². The summed E-state index contributed by atoms with van der Waals surface area (Å²) in [5.74, 6) is 2.40. The van der Waals surface area contributed by atoms with E-state index in [1.807, 2.05) is 0 Å². The van der Waals surface area contributed by atoms with Crippen molar-refractivity contribution in [1.82, 2.24) is 4.90 Å². The van der Waals surface area contributed by atoms with Crippen molar-refractivity contribution < 1.29 is 9.47 Å². The molecule has 2 atom stereocenters. The van der Waals surface area contributed by atoms with E-state index in [0.717, 1.165) is 18.0 Å². The average molecular weight is 283 g/mol. The molecule has 3 aliphatic heterocycles. The fourth-order valence-electron chi connectivity index (χ4n) is 4.91. The fraction of sp³-hybridized carbons (Fsp3) is 0.556. The van der Waals surface area contributed by atoms with E-state index < -0.39 is 0 Å². The summed E-state index contributed by atoms with van der Waals surface area (Å²) in [5, 5.41) is 0. The van der Waals surface area contributed by atoms with Crippen LogP contribution in [-0.2, 0) is 6.54 Å². The van der Waals surface area contributed by atoms with Crippen molar-refractivity contribution >= 4 is 0 Å². The van der Waals surface area contributed by atoms with Crippen molar-refractivity contribution in [2.75, 3.05) is 13.3 Å². The van der Waals surface area contributed by atoms with Crippen LogP contribution in [0.1, 0.15) is 49.1 Å². The molecule has 1 aromatic rings. The van der Waals surface area contributed by atoms with Gasteiger partial charge in [-0.05, 0) is 55.5 Å². The predicted octanol–water partition coefficient (Wildman–Crippen LogP) is 3.59. The molecule has 3 nitrogen and oxygen atoms in total. The molecule has 1 aromatic carbocycles. The Balaban J connectivity index is 1.69. The summed E-state index contributed by atoms with van der Waals surface area (Å²) in [6, 6.07) is 4.48. The minimum Gasteiger partial charge on any atom is -0.454 e. The van der Waals surface area contributed by atoms with Crippen LogP contribution in [0.2, 0.25) is 0 Å². The Labute approximate surface area is 125 Å². The van der Waals surface area contributed by atoms with Gasteiger partial charge in [0.25, 0.3) is 0 Å². The maximum Gasteiger partial charge on any atom is 0.231 e. The quantitative estimate of drug-likeness (QED) is 0.679. The van der Waals surface area contributed by atoms with Gasteiger partial charge in [0.05, 0.1) is 0 Å². The first-order chi connectivity index (χ1) is 10.4. The summed E-state index contributed by atoms with van der Waals surface area (Å²) in [6.07, 6.45) is 11.4. The molecule has 1 spiro atoms. The minimum absolute atomic E-state index is 0.369. The summed E-state index contributed by atoms with van der Waals surface area (Å²) in [4.78, 5) is 2.76. The monoisotopic (exact) mass is 283 g/mol. The first kappa shape index (κ1) is 12.1. The normalized spacial score (nSPS) is 33.2. The van der Waals surface area contributed by atoms with Gasteiger partial charge in [0.15, 0.2) is 11.5 Å². The van der Waals surface area contributed by atoms with Crippen molar-refractivity contribution in [1.29, 1.82) is 0 Å². The summed E-state index contributed by atoms with van der Waals surface area (Å²) < 4.78 is 11.2. The highest BCUT2D eigenvalue weighted by molar-refractivity contribution is 5.53. The Morgan fingerprint density at radius 3 is 2.95 bits per heavy atom. The van der Waals surface area contributed by atoms with E-state index in [2.05, 4.69) is 29.2 Å². The smallest absolute Gasteiger partial charge is 0.231 e. The van der Waals surface area contributed by atoms with Gasteiger partial charge in [-0.25, -0.2) is 0 Å². The Morgan fingerprint density at radius 1 is 1.10 bits per heavy atom. The molecule has 110 valence electrons. The van der Waals surface area contributed by atoms with E-state index >= 15 is 0 Å². The predicted molar refractivity (Wildman–Crippen MR) is 80.7 cm³/mol. The van der Waals surface area contributed by atoms with Crippen LogP contribution < -0.4 is 9.47 Å². The zero-order chi connectivity index (χ0) is 13.9. The van der Waals surface area contributed by atoms with Crippen molar-refractivity contribution in [2.45, 2.75) is 50.1 Å². The number of nitrogens with zero attached hydrogens (tertiary/aromatic N) is 1. The summed E-state index contributed by atoms with van der Waals surface area (Å²) in [5.41, 5.74) is 3.29. The van der Waals surface area contributed by atoms with Crippen LogP contribution in [0.15, 0.2) is 24.3 Å². The molecule has 0 unspecified atom stereocenters. The Kier molecular flexibility index (Phi) is 2.46. The van der Waals surface area contributed by atoms with Gasteiger partial charge in [0.2, 0.25) is 6.79 Å². The number of allylic oxidation sites excluding steroid dienone is 1. The highest BCUT2D eigenvalue weighted by Gasteiger charge is 2.49. The van der Waals surface area contributed by atoms with Crippen molar-refractivity contribution in [3.8, 4) is 11.5 Å². The first-order valence-corrected chi connectivity index (χ1v) is 8.21. The van der Waals surface area contributed by atoms with Crippen LogP contribution in [-0.4, -0.2) is 23.8 Å². The second-order valence-electron chi connectivity index (χ2n) is 6.83. The molecular weight excluding hydrogens is 262 g/mol. The average Bonchev–Trinajstić information content (AvgIpc) is 2.97. The molecule has 0 aromatic heterocycles. The molecule has 0 bridgehead atoms. The fourth-order valence-corrected chi connectivity index (χ4v) is 4.91. The third kappa shape index (κ3) is 1.58. The molecule has 1 saturated heterocycles. The lowest BCUT2D eigenvalue weighted by molar-refractivity contribution is 0.00534. The molecule has 0 N–H and O–H groups in total. The molecule has 21 heavy (non-hydrogen) atoms. The number of rotatable bonds is 0. The minimum atomic E-state index is 0.369. The second-order valence-corrected chi connectivity index (χ2v) is 6.83. The van der Waals surface area contributed by atoms with E-state index in [9.17, 15) is 0 Å². The SMILES string of the molecule is C1=C[C@H]2c3cc4c(cc3CN3CCCC[C@]23CC1)OCO4. The number of hydrogen-bond donors (Lipinski definition) is 0. The van der Waals surface area contributed by atoms with E-state index in [-0.39, 0.29) is 0 Å². The third-order valence-electron chi connectivity index (χ3n) is 5.90. The summed E-state index contributed by atoms with van der Waals surface area (Å²) in [7, 11) is 0. The molecule has 1 fully saturated rings. The van der Waals surface area contributed by atoms with Gasteiger partial charge in [-0.2, -0.15) is 0 Å². The molecule has 1 aliphatic carbocycles. The zero-order valence-corrected chi connectivity index (χ0v) is 12.3. The Bertz CT molecular complexity index is 624. The van der Waals surface area contributed by atoms with E-state index in [1.165, 1.54) is 49.8 Å². The van der Waals surface area contributed by atoms with Gasteiger partial charge in [-0.1, -0.05) is 18.6 Å². The van der Waals surface area contributed by atoms with Crippen LogP contribution in [0.4, 0.5) is 0 Å². The highest BCUT2D eigenvalue weighted by atomic mass is 16.7. The van der Waals surface area contributed by atoms with Gasteiger partial charge >= 0.3 is 0 Å². The molecule has 0 saturated carbocycles. The molecule has 3 heteroatoms. The topological polar surface area (TPSA) is 21.7 Å². The maximum absolute atomic E-state index is 5.62. The van der Waals surface area contributed by atoms with Gasteiger partial charge in [0.1, 0.15) is 0 Å². The van der Waals surface area contributed by atoms with Crippen LogP contribution in [0.3, 0.4) is 0 Å². The zero-order valence-electron chi connectivity index (χ0n) is 12.3. The number of piperidine rings is 1. The summed E-state index contributed by atoms with van der Waals surface area (Å²) >= 11 is 0. The van der Waals surface area contributed by atoms with E-state index in [1.54, 1.807) is 0 Å². The van der Waals surface area contributed by atoms with Gasteiger partial charge < -0.3 is 9.47 Å². The Hall–Kier alpha value is -1.48. The molecule has 4 aliphatic rings. The Morgan fingerprint density at radius 2 is 2.00 bits per heavy atom. The van der Waals surface area contributed by atoms with Crippen LogP contribution >= 0.6 is 0 Å².